The van der Waals surface area contributed by atoms with Crippen molar-refractivity contribution in [3.8, 4) is 11.5 Å². The van der Waals surface area contributed by atoms with E-state index in [0.29, 0.717) is 18.9 Å². The molecule has 0 atom stereocenters. The minimum atomic E-state index is -3.24. The Kier molecular flexibility index (Phi) is 8.03. The van der Waals surface area contributed by atoms with Crippen molar-refractivity contribution in [1.82, 2.24) is 4.90 Å². The summed E-state index contributed by atoms with van der Waals surface area (Å²) in [5.41, 5.74) is 2.97. The quantitative estimate of drug-likeness (QED) is 0.603. The second kappa shape index (κ2) is 10.7. The highest BCUT2D eigenvalue weighted by atomic mass is 32.2. The Morgan fingerprint density at radius 2 is 1.55 bits per heavy atom. The molecule has 0 radical (unpaired) electrons. The maximum Gasteiger partial charge on any atom is 0.229 e. The molecular weight excluding hydrogens is 414 g/mol. The molecule has 1 fully saturated rings. The monoisotopic (exact) mass is 447 g/mol. The van der Waals surface area contributed by atoms with Crippen LogP contribution in [0.5, 0.6) is 11.5 Å². The molecule has 0 amide bonds. The van der Waals surface area contributed by atoms with Crippen LogP contribution >= 0.6 is 0 Å². The lowest BCUT2D eigenvalue weighted by molar-refractivity contribution is 0.260. The van der Waals surface area contributed by atoms with E-state index in [4.69, 9.17) is 9.47 Å². The fourth-order valence-electron chi connectivity index (χ4n) is 3.71. The fourth-order valence-corrected chi connectivity index (χ4v) is 4.27. The van der Waals surface area contributed by atoms with Crippen LogP contribution in [0.4, 0.5) is 11.4 Å². The van der Waals surface area contributed by atoms with Gasteiger partial charge < -0.3 is 14.4 Å². The van der Waals surface area contributed by atoms with Crippen molar-refractivity contribution in [2.24, 2.45) is 0 Å². The molecule has 1 aliphatic rings. The van der Waals surface area contributed by atoms with Gasteiger partial charge in [-0.2, -0.15) is 0 Å². The molecule has 1 N–H and O–H groups in total. The van der Waals surface area contributed by atoms with Gasteiger partial charge in [0.2, 0.25) is 10.0 Å². The molecule has 0 unspecified atom stereocenters. The van der Waals surface area contributed by atoms with Crippen LogP contribution < -0.4 is 19.1 Å². The molecule has 0 saturated carbocycles. The van der Waals surface area contributed by atoms with Gasteiger partial charge in [-0.1, -0.05) is 12.1 Å². The molecule has 0 aliphatic carbocycles. The molecule has 1 heterocycles. The lowest BCUT2D eigenvalue weighted by Gasteiger charge is -2.36. The summed E-state index contributed by atoms with van der Waals surface area (Å²) in [5, 5.41) is 0. The maximum absolute atomic E-state index is 11.3. The molecule has 1 saturated heterocycles. The Labute approximate surface area is 186 Å². The van der Waals surface area contributed by atoms with Crippen molar-refractivity contribution in [2.45, 2.75) is 20.3 Å². The molecule has 7 nitrogen and oxygen atoms in total. The summed E-state index contributed by atoms with van der Waals surface area (Å²) in [6, 6.07) is 13.8. The van der Waals surface area contributed by atoms with Crippen molar-refractivity contribution >= 4 is 21.4 Å². The van der Waals surface area contributed by atoms with E-state index < -0.39 is 10.0 Å². The minimum absolute atomic E-state index is 0.599. The largest absolute Gasteiger partial charge is 0.490 e. The molecule has 8 heteroatoms. The number of hydrogen-bond donors (Lipinski definition) is 1. The molecule has 31 heavy (non-hydrogen) atoms. The van der Waals surface area contributed by atoms with E-state index in [-0.39, 0.29) is 0 Å². The van der Waals surface area contributed by atoms with E-state index in [1.165, 1.54) is 11.3 Å². The first-order valence-corrected chi connectivity index (χ1v) is 12.7. The zero-order valence-corrected chi connectivity index (χ0v) is 19.5. The van der Waals surface area contributed by atoms with Crippen LogP contribution in [-0.4, -0.2) is 65.5 Å². The topological polar surface area (TPSA) is 71.1 Å². The molecule has 1 aliphatic heterocycles. The molecule has 170 valence electrons. The van der Waals surface area contributed by atoms with Gasteiger partial charge in [0.25, 0.3) is 0 Å². The standard InChI is InChI=1S/C23H33N3O4S/c1-4-29-22-11-10-21(18-23(22)30-5-2)26-16-14-25(15-17-26)13-12-19-6-8-20(9-7-19)24-31(3,27)28/h6-11,18,24H,4-5,12-17H2,1-3H3. The Balaban J connectivity index is 1.50. The van der Waals surface area contributed by atoms with Crippen LogP contribution in [0.1, 0.15) is 19.4 Å². The number of hydrogen-bond acceptors (Lipinski definition) is 6. The average molecular weight is 448 g/mol. The Bertz CT molecular complexity index is 940. The van der Waals surface area contributed by atoms with Crippen molar-refractivity contribution in [3.63, 3.8) is 0 Å². The second-order valence-corrected chi connectivity index (χ2v) is 9.40. The summed E-state index contributed by atoms with van der Waals surface area (Å²) >= 11 is 0. The fraction of sp³-hybridized carbons (Fsp3) is 0.478. The third-order valence-electron chi connectivity index (χ3n) is 5.24. The minimum Gasteiger partial charge on any atom is -0.490 e. The third kappa shape index (κ3) is 7.04. The maximum atomic E-state index is 11.3. The number of piperazine rings is 1. The van der Waals surface area contributed by atoms with Gasteiger partial charge >= 0.3 is 0 Å². The predicted octanol–water partition coefficient (Wildman–Crippen LogP) is 3.22. The van der Waals surface area contributed by atoms with Gasteiger partial charge in [-0.05, 0) is 50.1 Å². The number of sulfonamides is 1. The molecule has 0 bridgehead atoms. The Morgan fingerprint density at radius 1 is 0.903 bits per heavy atom. The molecule has 0 spiro atoms. The van der Waals surface area contributed by atoms with Crippen molar-refractivity contribution in [1.29, 1.82) is 0 Å². The Morgan fingerprint density at radius 3 is 2.16 bits per heavy atom. The SMILES string of the molecule is CCOc1ccc(N2CCN(CCc3ccc(NS(C)(=O)=O)cc3)CC2)cc1OCC. The summed E-state index contributed by atoms with van der Waals surface area (Å²) in [6.07, 6.45) is 2.10. The zero-order valence-electron chi connectivity index (χ0n) is 18.6. The van der Waals surface area contributed by atoms with Gasteiger partial charge in [-0.3, -0.25) is 9.62 Å². The second-order valence-electron chi connectivity index (χ2n) is 7.65. The Hall–Kier alpha value is -2.45. The summed E-state index contributed by atoms with van der Waals surface area (Å²) in [4.78, 5) is 4.86. The molecule has 2 aromatic rings. The highest BCUT2D eigenvalue weighted by Crippen LogP contribution is 2.32. The molecule has 0 aromatic heterocycles. The van der Waals surface area contributed by atoms with Crippen LogP contribution in [0, 0.1) is 0 Å². The van der Waals surface area contributed by atoms with Crippen molar-refractivity contribution in [2.75, 3.05) is 61.8 Å². The van der Waals surface area contributed by atoms with Gasteiger partial charge in [-0.25, -0.2) is 8.42 Å². The number of rotatable bonds is 10. The smallest absolute Gasteiger partial charge is 0.229 e. The van der Waals surface area contributed by atoms with E-state index in [1.807, 2.05) is 44.2 Å². The number of anilines is 2. The number of nitrogens with one attached hydrogen (secondary N) is 1. The molecule has 3 rings (SSSR count). The van der Waals surface area contributed by atoms with Crippen LogP contribution in [0.15, 0.2) is 42.5 Å². The van der Waals surface area contributed by atoms with E-state index in [2.05, 4.69) is 26.7 Å². The number of nitrogens with zero attached hydrogens (tertiary/aromatic N) is 2. The van der Waals surface area contributed by atoms with E-state index >= 15 is 0 Å². The first kappa shape index (κ1) is 23.2. The number of ether oxygens (including phenoxy) is 2. The molecular formula is C23H33N3O4S. The van der Waals surface area contributed by atoms with Crippen LogP contribution in [0.25, 0.3) is 0 Å². The predicted molar refractivity (Wildman–Crippen MR) is 126 cm³/mol. The summed E-state index contributed by atoms with van der Waals surface area (Å²) < 4.78 is 36.5. The van der Waals surface area contributed by atoms with Gasteiger partial charge in [0, 0.05) is 50.2 Å². The molecule has 2 aromatic carbocycles. The highest BCUT2D eigenvalue weighted by molar-refractivity contribution is 7.92. The highest BCUT2D eigenvalue weighted by Gasteiger charge is 2.18. The summed E-state index contributed by atoms with van der Waals surface area (Å²) in [6.45, 7) is 10.1. The van der Waals surface area contributed by atoms with Crippen molar-refractivity contribution < 1.29 is 17.9 Å². The number of benzene rings is 2. The van der Waals surface area contributed by atoms with E-state index in [9.17, 15) is 8.42 Å². The van der Waals surface area contributed by atoms with E-state index in [0.717, 1.165) is 56.9 Å². The van der Waals surface area contributed by atoms with Gasteiger partial charge in [-0.15, -0.1) is 0 Å². The lowest BCUT2D eigenvalue weighted by Crippen LogP contribution is -2.47. The van der Waals surface area contributed by atoms with Crippen LogP contribution in [-0.2, 0) is 16.4 Å². The first-order chi connectivity index (χ1) is 14.9. The lowest BCUT2D eigenvalue weighted by atomic mass is 10.1. The van der Waals surface area contributed by atoms with E-state index in [1.54, 1.807) is 0 Å². The summed E-state index contributed by atoms with van der Waals surface area (Å²) in [5.74, 6) is 1.60. The van der Waals surface area contributed by atoms with Gasteiger partial charge in [0.15, 0.2) is 11.5 Å². The van der Waals surface area contributed by atoms with Gasteiger partial charge in [0.1, 0.15) is 0 Å². The normalized spacial score (nSPS) is 15.0. The van der Waals surface area contributed by atoms with Crippen LogP contribution in [0.2, 0.25) is 0 Å². The first-order valence-electron chi connectivity index (χ1n) is 10.8. The van der Waals surface area contributed by atoms with Gasteiger partial charge in [0.05, 0.1) is 19.5 Å². The van der Waals surface area contributed by atoms with Crippen molar-refractivity contribution in [3.05, 3.63) is 48.0 Å². The third-order valence-corrected chi connectivity index (χ3v) is 5.84. The summed E-state index contributed by atoms with van der Waals surface area (Å²) in [7, 11) is -3.24. The van der Waals surface area contributed by atoms with Crippen LogP contribution in [0.3, 0.4) is 0 Å². The average Bonchev–Trinajstić information content (AvgIpc) is 2.74. The zero-order chi connectivity index (χ0) is 22.3.